The summed E-state index contributed by atoms with van der Waals surface area (Å²) >= 11 is 12.3. The highest BCUT2D eigenvalue weighted by Gasteiger charge is 2.37. The Morgan fingerprint density at radius 2 is 1.90 bits per heavy atom. The first-order valence-electron chi connectivity index (χ1n) is 8.67. The van der Waals surface area contributed by atoms with Gasteiger partial charge in [-0.05, 0) is 17.7 Å². The average Bonchev–Trinajstić information content (AvgIpc) is 3.13. The summed E-state index contributed by atoms with van der Waals surface area (Å²) in [5.41, 5.74) is -0.531. The van der Waals surface area contributed by atoms with E-state index in [1.165, 1.54) is 27.7 Å². The summed E-state index contributed by atoms with van der Waals surface area (Å²) in [5, 5.41) is 16.3. The molecule has 0 aliphatic rings. The van der Waals surface area contributed by atoms with Gasteiger partial charge in [0.2, 0.25) is 10.0 Å². The van der Waals surface area contributed by atoms with Crippen LogP contribution in [0, 0.1) is 0 Å². The first kappa shape index (κ1) is 21.7. The van der Waals surface area contributed by atoms with Crippen molar-refractivity contribution in [3.05, 3.63) is 82.4 Å². The molecule has 2 aromatic carbocycles. The van der Waals surface area contributed by atoms with Crippen LogP contribution < -0.4 is 0 Å². The Morgan fingerprint density at radius 3 is 2.48 bits per heavy atom. The van der Waals surface area contributed by atoms with Gasteiger partial charge in [-0.15, -0.1) is 0 Å². The Hall–Kier alpha value is -1.97. The molecule has 3 aromatic rings. The minimum absolute atomic E-state index is 0.0465. The first-order chi connectivity index (χ1) is 13.7. The van der Waals surface area contributed by atoms with Gasteiger partial charge in [-0.2, -0.15) is 9.40 Å². The van der Waals surface area contributed by atoms with E-state index in [0.29, 0.717) is 10.6 Å². The highest BCUT2D eigenvalue weighted by Crippen LogP contribution is 2.33. The Kier molecular flexibility index (Phi) is 6.60. The highest BCUT2D eigenvalue weighted by molar-refractivity contribution is 7.88. The minimum Gasteiger partial charge on any atom is -0.382 e. The topological polar surface area (TPSA) is 88.3 Å². The number of nitrogens with zero attached hydrogens (tertiary/aromatic N) is 4. The second-order valence-corrected chi connectivity index (χ2v) is 9.59. The zero-order valence-electron chi connectivity index (χ0n) is 15.6. The van der Waals surface area contributed by atoms with E-state index in [9.17, 15) is 13.5 Å². The van der Waals surface area contributed by atoms with Crippen molar-refractivity contribution in [2.45, 2.75) is 18.7 Å². The molecule has 1 atom stereocenters. The smallest absolute Gasteiger partial charge is 0.211 e. The summed E-state index contributed by atoms with van der Waals surface area (Å²) in [7, 11) is -3.65. The lowest BCUT2D eigenvalue weighted by Gasteiger charge is -2.34. The molecule has 3 rings (SSSR count). The SMILES string of the molecule is CS(=O)(=O)N(Cc1ccccc1)CC(O)(Cn1cncn1)c1ccc(Cl)cc1Cl. The average molecular weight is 455 g/mol. The van der Waals surface area contributed by atoms with Gasteiger partial charge in [-0.1, -0.05) is 59.6 Å². The predicted octanol–water partition coefficient (Wildman–Crippen LogP) is 2.93. The molecule has 0 amide bonds. The summed E-state index contributed by atoms with van der Waals surface area (Å²) in [6.45, 7) is -0.179. The highest BCUT2D eigenvalue weighted by atomic mass is 35.5. The number of sulfonamides is 1. The number of rotatable bonds is 8. The molecule has 154 valence electrons. The Balaban J connectivity index is 2.01. The van der Waals surface area contributed by atoms with Crippen LogP contribution in [0.1, 0.15) is 11.1 Å². The number of halogens is 2. The van der Waals surface area contributed by atoms with E-state index < -0.39 is 15.6 Å². The standard InChI is InChI=1S/C19H20Cl2N4O3S/c1-29(27,28)25(10-15-5-3-2-4-6-15)12-19(26,11-24-14-22-13-23-24)17-8-7-16(20)9-18(17)21/h2-9,13-14,26H,10-12H2,1H3. The van der Waals surface area contributed by atoms with Gasteiger partial charge >= 0.3 is 0 Å². The summed E-state index contributed by atoms with van der Waals surface area (Å²) in [6, 6.07) is 13.8. The van der Waals surface area contributed by atoms with Crippen LogP contribution in [0.5, 0.6) is 0 Å². The van der Waals surface area contributed by atoms with Crippen molar-refractivity contribution in [2.24, 2.45) is 0 Å². The maximum Gasteiger partial charge on any atom is 0.211 e. The Labute approximate surface area is 179 Å². The maximum absolute atomic E-state index is 12.5. The van der Waals surface area contributed by atoms with Crippen LogP contribution in [-0.2, 0) is 28.7 Å². The largest absolute Gasteiger partial charge is 0.382 e. The third-order valence-corrected chi connectivity index (χ3v) is 6.18. The molecule has 0 aliphatic heterocycles. The molecule has 0 radical (unpaired) electrons. The van der Waals surface area contributed by atoms with Crippen molar-refractivity contribution in [3.63, 3.8) is 0 Å². The van der Waals surface area contributed by atoms with Crippen LogP contribution in [0.25, 0.3) is 0 Å². The van der Waals surface area contributed by atoms with E-state index in [-0.39, 0.29) is 24.7 Å². The van der Waals surface area contributed by atoms with Crippen molar-refractivity contribution in [3.8, 4) is 0 Å². The second-order valence-electron chi connectivity index (χ2n) is 6.77. The van der Waals surface area contributed by atoms with E-state index in [0.717, 1.165) is 11.8 Å². The number of hydrogen-bond donors (Lipinski definition) is 1. The first-order valence-corrected chi connectivity index (χ1v) is 11.3. The van der Waals surface area contributed by atoms with Crippen LogP contribution in [0.4, 0.5) is 0 Å². The summed E-state index contributed by atoms with van der Waals surface area (Å²) in [4.78, 5) is 3.89. The van der Waals surface area contributed by atoms with E-state index in [1.54, 1.807) is 12.1 Å². The van der Waals surface area contributed by atoms with Gasteiger partial charge in [-0.3, -0.25) is 0 Å². The van der Waals surface area contributed by atoms with E-state index >= 15 is 0 Å². The molecule has 29 heavy (non-hydrogen) atoms. The zero-order valence-corrected chi connectivity index (χ0v) is 17.9. The molecule has 1 N–H and O–H groups in total. The van der Waals surface area contributed by atoms with Crippen LogP contribution >= 0.6 is 23.2 Å². The third kappa shape index (κ3) is 5.55. The lowest BCUT2D eigenvalue weighted by atomic mass is 9.93. The Bertz CT molecular complexity index is 1060. The number of benzene rings is 2. The summed E-state index contributed by atoms with van der Waals surface area (Å²) in [5.74, 6) is 0. The molecule has 1 heterocycles. The molecule has 10 heteroatoms. The quantitative estimate of drug-likeness (QED) is 0.565. The van der Waals surface area contributed by atoms with Crippen molar-refractivity contribution in [2.75, 3.05) is 12.8 Å². The van der Waals surface area contributed by atoms with E-state index in [1.807, 2.05) is 30.3 Å². The molecule has 1 aromatic heterocycles. The van der Waals surface area contributed by atoms with Gasteiger partial charge in [0.05, 0.1) is 12.8 Å². The zero-order chi connectivity index (χ0) is 21.1. The fraction of sp³-hybridized carbons (Fsp3) is 0.263. The molecular formula is C19H20Cl2N4O3S. The van der Waals surface area contributed by atoms with Crippen molar-refractivity contribution in [1.82, 2.24) is 19.1 Å². The molecule has 7 nitrogen and oxygen atoms in total. The van der Waals surface area contributed by atoms with Gasteiger partial charge in [0.1, 0.15) is 18.3 Å². The predicted molar refractivity (Wildman–Crippen MR) is 112 cm³/mol. The lowest BCUT2D eigenvalue weighted by Crippen LogP contribution is -2.46. The normalized spacial score (nSPS) is 14.1. The maximum atomic E-state index is 12.5. The third-order valence-electron chi connectivity index (χ3n) is 4.43. The van der Waals surface area contributed by atoms with E-state index in [2.05, 4.69) is 10.1 Å². The van der Waals surface area contributed by atoms with Crippen LogP contribution in [0.2, 0.25) is 10.0 Å². The fourth-order valence-corrected chi connectivity index (χ4v) is 4.45. The van der Waals surface area contributed by atoms with Gasteiger partial charge < -0.3 is 5.11 Å². The molecule has 0 aliphatic carbocycles. The molecule has 0 saturated carbocycles. The summed E-state index contributed by atoms with van der Waals surface area (Å²) in [6.07, 6.45) is 3.88. The summed E-state index contributed by atoms with van der Waals surface area (Å²) < 4.78 is 27.7. The van der Waals surface area contributed by atoms with Crippen molar-refractivity contribution in [1.29, 1.82) is 0 Å². The number of hydrogen-bond acceptors (Lipinski definition) is 5. The van der Waals surface area contributed by atoms with Gasteiger partial charge in [-0.25, -0.2) is 18.1 Å². The van der Waals surface area contributed by atoms with Gasteiger partial charge in [0.25, 0.3) is 0 Å². The van der Waals surface area contributed by atoms with Crippen LogP contribution in [-0.4, -0.2) is 45.4 Å². The van der Waals surface area contributed by atoms with Gasteiger partial charge in [0.15, 0.2) is 0 Å². The van der Waals surface area contributed by atoms with Crippen molar-refractivity contribution < 1.29 is 13.5 Å². The number of aliphatic hydroxyl groups is 1. The Morgan fingerprint density at radius 1 is 1.17 bits per heavy atom. The van der Waals surface area contributed by atoms with Crippen LogP contribution in [0.15, 0.2) is 61.2 Å². The monoisotopic (exact) mass is 454 g/mol. The molecule has 0 saturated heterocycles. The fourth-order valence-electron chi connectivity index (χ4n) is 3.04. The molecule has 0 spiro atoms. The lowest BCUT2D eigenvalue weighted by molar-refractivity contribution is -0.00250. The molecule has 0 fully saturated rings. The molecule has 0 bridgehead atoms. The second kappa shape index (κ2) is 8.81. The number of aromatic nitrogens is 3. The van der Waals surface area contributed by atoms with E-state index in [4.69, 9.17) is 23.2 Å². The van der Waals surface area contributed by atoms with Crippen molar-refractivity contribution >= 4 is 33.2 Å². The van der Waals surface area contributed by atoms with Crippen LogP contribution in [0.3, 0.4) is 0 Å². The molecule has 1 unspecified atom stereocenters. The molecular weight excluding hydrogens is 435 g/mol. The van der Waals surface area contributed by atoms with Gasteiger partial charge in [0, 0.05) is 28.7 Å². The minimum atomic E-state index is -3.65.